The van der Waals surface area contributed by atoms with Crippen molar-refractivity contribution in [3.05, 3.63) is 65.6 Å². The predicted molar refractivity (Wildman–Crippen MR) is 95.8 cm³/mol. The van der Waals surface area contributed by atoms with Crippen LogP contribution in [0.3, 0.4) is 0 Å². The van der Waals surface area contributed by atoms with Gasteiger partial charge in [-0.25, -0.2) is 4.98 Å². The van der Waals surface area contributed by atoms with E-state index in [0.717, 1.165) is 38.0 Å². The lowest BCUT2D eigenvalue weighted by Crippen LogP contribution is -2.32. The van der Waals surface area contributed by atoms with Crippen LogP contribution in [0.5, 0.6) is 0 Å². The summed E-state index contributed by atoms with van der Waals surface area (Å²) in [7, 11) is 0. The van der Waals surface area contributed by atoms with E-state index in [1.165, 1.54) is 28.1 Å². The van der Waals surface area contributed by atoms with Crippen molar-refractivity contribution in [2.45, 2.75) is 45.2 Å². The lowest BCUT2D eigenvalue weighted by molar-refractivity contribution is 0.164. The van der Waals surface area contributed by atoms with E-state index < -0.39 is 0 Å². The van der Waals surface area contributed by atoms with Gasteiger partial charge in [-0.05, 0) is 56.0 Å². The van der Waals surface area contributed by atoms with Gasteiger partial charge in [0.2, 0.25) is 0 Å². The maximum Gasteiger partial charge on any atom is 0.199 e. The Morgan fingerprint density at radius 1 is 1.28 bits per heavy atom. The van der Waals surface area contributed by atoms with Gasteiger partial charge in [0, 0.05) is 18.9 Å². The molecule has 25 heavy (non-hydrogen) atoms. The summed E-state index contributed by atoms with van der Waals surface area (Å²) in [6.45, 7) is 3.89. The van der Waals surface area contributed by atoms with Crippen molar-refractivity contribution in [2.24, 2.45) is 0 Å². The van der Waals surface area contributed by atoms with E-state index in [4.69, 9.17) is 0 Å². The van der Waals surface area contributed by atoms with E-state index in [1.807, 2.05) is 24.5 Å². The summed E-state index contributed by atoms with van der Waals surface area (Å²) in [6.07, 6.45) is 8.19. The molecule has 3 aromatic rings. The molecule has 0 saturated carbocycles. The molecular formula is C20H23FN4. The third-order valence-corrected chi connectivity index (χ3v) is 4.97. The van der Waals surface area contributed by atoms with Gasteiger partial charge in [-0.3, -0.25) is 14.3 Å². The second kappa shape index (κ2) is 6.92. The third-order valence-electron chi connectivity index (χ3n) is 4.97. The maximum atomic E-state index is 13.9. The van der Waals surface area contributed by atoms with Crippen LogP contribution >= 0.6 is 0 Å². The summed E-state index contributed by atoms with van der Waals surface area (Å²) in [4.78, 5) is 11.7. The van der Waals surface area contributed by atoms with Crippen molar-refractivity contribution in [3.8, 4) is 0 Å². The topological polar surface area (TPSA) is 33.4 Å². The molecule has 1 aliphatic rings. The number of halogens is 1. The molecule has 0 fully saturated rings. The zero-order valence-electron chi connectivity index (χ0n) is 14.5. The first-order valence-corrected chi connectivity index (χ1v) is 9.06. The van der Waals surface area contributed by atoms with E-state index in [-0.39, 0.29) is 5.95 Å². The molecule has 0 amide bonds. The van der Waals surface area contributed by atoms with Crippen LogP contribution < -0.4 is 0 Å². The van der Waals surface area contributed by atoms with E-state index in [9.17, 15) is 4.39 Å². The fourth-order valence-corrected chi connectivity index (χ4v) is 3.88. The van der Waals surface area contributed by atoms with Gasteiger partial charge in [0.05, 0.1) is 17.4 Å². The number of aryl methyl sites for hydroxylation is 1. The minimum absolute atomic E-state index is 0.275. The summed E-state index contributed by atoms with van der Waals surface area (Å²) < 4.78 is 15.5. The van der Waals surface area contributed by atoms with Gasteiger partial charge >= 0.3 is 0 Å². The molecule has 0 N–H and O–H groups in total. The quantitative estimate of drug-likeness (QED) is 0.655. The number of hydrogen-bond donors (Lipinski definition) is 0. The predicted octanol–water partition coefficient (Wildman–Crippen LogP) is 4.16. The fraction of sp³-hybridized carbons (Fsp3) is 0.400. The molecule has 0 spiro atoms. The van der Waals surface area contributed by atoms with Gasteiger partial charge in [-0.2, -0.15) is 4.39 Å². The van der Waals surface area contributed by atoms with Gasteiger partial charge in [0.25, 0.3) is 0 Å². The average molecular weight is 338 g/mol. The van der Waals surface area contributed by atoms with Crippen molar-refractivity contribution in [1.29, 1.82) is 0 Å². The highest BCUT2D eigenvalue weighted by Gasteiger charge is 2.27. The number of aromatic nitrogens is 3. The maximum absolute atomic E-state index is 13.9. The molecule has 4 nitrogen and oxygen atoms in total. The standard InChI is InChI=1S/C20H23FN4/c1-2-12-24(17-8-3-6-15-7-5-11-22-20(15)17)13-16-14-25-18(21)9-4-10-19(25)23-16/h4-5,7,9-11,14,17H,2-3,6,8,12-13H2,1H3/t17-/m0/s1. The number of hydrogen-bond acceptors (Lipinski definition) is 3. The van der Waals surface area contributed by atoms with Crippen LogP contribution in [-0.2, 0) is 13.0 Å². The van der Waals surface area contributed by atoms with Crippen LogP contribution in [-0.4, -0.2) is 25.8 Å². The highest BCUT2D eigenvalue weighted by molar-refractivity contribution is 5.39. The third kappa shape index (κ3) is 3.16. The zero-order chi connectivity index (χ0) is 17.2. The van der Waals surface area contributed by atoms with E-state index >= 15 is 0 Å². The van der Waals surface area contributed by atoms with Crippen LogP contribution in [0.4, 0.5) is 4.39 Å². The Morgan fingerprint density at radius 2 is 2.20 bits per heavy atom. The van der Waals surface area contributed by atoms with Gasteiger partial charge < -0.3 is 0 Å². The van der Waals surface area contributed by atoms with Gasteiger partial charge in [0.1, 0.15) is 5.65 Å². The zero-order valence-corrected chi connectivity index (χ0v) is 14.5. The van der Waals surface area contributed by atoms with Crippen molar-refractivity contribution in [1.82, 2.24) is 19.3 Å². The smallest absolute Gasteiger partial charge is 0.199 e. The molecular weight excluding hydrogens is 315 g/mol. The minimum Gasteiger partial charge on any atom is -0.289 e. The number of nitrogens with zero attached hydrogens (tertiary/aromatic N) is 4. The molecule has 0 radical (unpaired) electrons. The Kier molecular flexibility index (Phi) is 4.49. The number of rotatable bonds is 5. The number of fused-ring (bicyclic) bond motifs is 2. The molecule has 0 aliphatic heterocycles. The number of pyridine rings is 2. The van der Waals surface area contributed by atoms with Crippen LogP contribution in [0.1, 0.15) is 49.2 Å². The fourth-order valence-electron chi connectivity index (χ4n) is 3.88. The molecule has 4 rings (SSSR count). The Hall–Kier alpha value is -2.27. The molecule has 5 heteroatoms. The first kappa shape index (κ1) is 16.2. The largest absolute Gasteiger partial charge is 0.289 e. The lowest BCUT2D eigenvalue weighted by atomic mass is 9.90. The molecule has 1 aliphatic carbocycles. The summed E-state index contributed by atoms with van der Waals surface area (Å²) in [5.74, 6) is -0.275. The SMILES string of the molecule is CCCN(Cc1cn2c(F)cccc2n1)[C@H]1CCCc2cccnc21. The minimum atomic E-state index is -0.275. The lowest BCUT2D eigenvalue weighted by Gasteiger charge is -2.34. The Bertz CT molecular complexity index is 873. The molecule has 1 atom stereocenters. The van der Waals surface area contributed by atoms with E-state index in [1.54, 1.807) is 6.07 Å². The van der Waals surface area contributed by atoms with Crippen LogP contribution in [0, 0.1) is 5.95 Å². The normalized spacial score (nSPS) is 17.2. The Labute approximate surface area is 147 Å². The summed E-state index contributed by atoms with van der Waals surface area (Å²) in [5.41, 5.74) is 4.13. The van der Waals surface area contributed by atoms with Crippen LogP contribution in [0.2, 0.25) is 0 Å². The van der Waals surface area contributed by atoms with Gasteiger partial charge in [0.15, 0.2) is 5.95 Å². The van der Waals surface area contributed by atoms with Crippen molar-refractivity contribution in [3.63, 3.8) is 0 Å². The molecule has 0 unspecified atom stereocenters. The van der Waals surface area contributed by atoms with Crippen molar-refractivity contribution >= 4 is 5.65 Å². The van der Waals surface area contributed by atoms with E-state index in [0.29, 0.717) is 11.7 Å². The Morgan fingerprint density at radius 3 is 3.04 bits per heavy atom. The number of imidazole rings is 1. The molecule has 0 bridgehead atoms. The average Bonchev–Trinajstić information content (AvgIpc) is 3.05. The van der Waals surface area contributed by atoms with Crippen LogP contribution in [0.25, 0.3) is 5.65 Å². The molecule has 130 valence electrons. The Balaban J connectivity index is 1.64. The van der Waals surface area contributed by atoms with Gasteiger partial charge in [-0.15, -0.1) is 0 Å². The highest BCUT2D eigenvalue weighted by atomic mass is 19.1. The van der Waals surface area contributed by atoms with E-state index in [2.05, 4.69) is 27.9 Å². The van der Waals surface area contributed by atoms with Crippen LogP contribution in [0.15, 0.2) is 42.7 Å². The monoisotopic (exact) mass is 338 g/mol. The first-order chi connectivity index (χ1) is 12.3. The molecule has 3 heterocycles. The van der Waals surface area contributed by atoms with Crippen molar-refractivity contribution < 1.29 is 4.39 Å². The second-order valence-corrected chi connectivity index (χ2v) is 6.74. The molecule has 0 saturated heterocycles. The molecule has 0 aromatic carbocycles. The summed E-state index contributed by atoms with van der Waals surface area (Å²) >= 11 is 0. The highest BCUT2D eigenvalue weighted by Crippen LogP contribution is 2.33. The van der Waals surface area contributed by atoms with Crippen molar-refractivity contribution in [2.75, 3.05) is 6.54 Å². The first-order valence-electron chi connectivity index (χ1n) is 9.06. The summed E-state index contributed by atoms with van der Waals surface area (Å²) in [5, 5.41) is 0. The second-order valence-electron chi connectivity index (χ2n) is 6.74. The molecule has 3 aromatic heterocycles. The van der Waals surface area contributed by atoms with Gasteiger partial charge in [-0.1, -0.05) is 19.1 Å². The summed E-state index contributed by atoms with van der Waals surface area (Å²) in [6, 6.07) is 9.54.